The highest BCUT2D eigenvalue weighted by Crippen LogP contribution is 2.54. The highest BCUT2D eigenvalue weighted by Gasteiger charge is 2.45. The Morgan fingerprint density at radius 2 is 1.34 bits per heavy atom. The zero-order chi connectivity index (χ0) is 36.5. The zero-order valence-electron chi connectivity index (χ0n) is 35.2. The van der Waals surface area contributed by atoms with Crippen LogP contribution in [0.5, 0.6) is 0 Å². The first-order valence-electron chi connectivity index (χ1n) is 19.0. The predicted molar refractivity (Wildman–Crippen MR) is 218 cm³/mol. The predicted octanol–water partition coefficient (Wildman–Crippen LogP) is 16.7. The van der Waals surface area contributed by atoms with Crippen LogP contribution in [0.4, 0.5) is 0 Å². The SMILES string of the molecule is C/C=C(\C)C(C)=S.CC.CC.CC.CC(C)C.CC1CCC1.CCC1=CC=CC(C)C1(C)C(C)(C)CC.CCCC(C)CC. The third-order valence-electron chi connectivity index (χ3n) is 8.81. The van der Waals surface area contributed by atoms with Gasteiger partial charge < -0.3 is 0 Å². The van der Waals surface area contributed by atoms with Gasteiger partial charge in [0, 0.05) is 4.86 Å². The molecule has 0 aromatic carbocycles. The van der Waals surface area contributed by atoms with Gasteiger partial charge in [-0.15, -0.1) is 0 Å². The van der Waals surface area contributed by atoms with Gasteiger partial charge >= 0.3 is 0 Å². The molecule has 44 heavy (non-hydrogen) atoms. The molecule has 2 aliphatic carbocycles. The molecule has 0 spiro atoms. The summed E-state index contributed by atoms with van der Waals surface area (Å²) >= 11 is 4.85. The molecule has 0 saturated heterocycles. The number of thiocarbonyl (C=S) groups is 1. The van der Waals surface area contributed by atoms with Gasteiger partial charge in [-0.25, -0.2) is 0 Å². The summed E-state index contributed by atoms with van der Waals surface area (Å²) in [6.45, 7) is 47.8. The Labute approximate surface area is 289 Å². The van der Waals surface area contributed by atoms with Crippen molar-refractivity contribution in [2.45, 2.75) is 204 Å². The zero-order valence-corrected chi connectivity index (χ0v) is 36.0. The fraction of sp³-hybridized carbons (Fsp3) is 0.837. The second-order valence-corrected chi connectivity index (χ2v) is 13.9. The molecule has 0 bridgehead atoms. The van der Waals surface area contributed by atoms with Crippen molar-refractivity contribution < 1.29 is 0 Å². The summed E-state index contributed by atoms with van der Waals surface area (Å²) in [5.74, 6) is 3.49. The Hall–Kier alpha value is -0.690. The number of hydrogen-bond acceptors (Lipinski definition) is 1. The monoisotopic (exact) mass is 639 g/mol. The molecule has 3 unspecified atom stereocenters. The van der Waals surface area contributed by atoms with Crippen LogP contribution < -0.4 is 0 Å². The fourth-order valence-corrected chi connectivity index (χ4v) is 4.53. The van der Waals surface area contributed by atoms with E-state index in [0.29, 0.717) is 16.7 Å². The first-order chi connectivity index (χ1) is 20.5. The Kier molecular flexibility index (Phi) is 46.6. The van der Waals surface area contributed by atoms with Crippen LogP contribution in [-0.4, -0.2) is 4.86 Å². The van der Waals surface area contributed by atoms with Crippen LogP contribution in [0.3, 0.4) is 0 Å². The molecule has 0 amide bonds. The highest BCUT2D eigenvalue weighted by molar-refractivity contribution is 7.80. The van der Waals surface area contributed by atoms with E-state index in [1.807, 2.05) is 68.4 Å². The van der Waals surface area contributed by atoms with Crippen LogP contribution in [0.2, 0.25) is 0 Å². The van der Waals surface area contributed by atoms with Gasteiger partial charge in [0.05, 0.1) is 0 Å². The summed E-state index contributed by atoms with van der Waals surface area (Å²) in [4.78, 5) is 0.988. The summed E-state index contributed by atoms with van der Waals surface area (Å²) in [5, 5.41) is 0. The summed E-state index contributed by atoms with van der Waals surface area (Å²) in [6.07, 6.45) is 19.9. The van der Waals surface area contributed by atoms with E-state index in [1.165, 1.54) is 56.9 Å². The average Bonchev–Trinajstić information content (AvgIpc) is 3.00. The quantitative estimate of drug-likeness (QED) is 0.197. The van der Waals surface area contributed by atoms with Crippen LogP contribution >= 0.6 is 12.2 Å². The topological polar surface area (TPSA) is 0 Å². The molecule has 0 N–H and O–H groups in total. The van der Waals surface area contributed by atoms with Gasteiger partial charge in [-0.2, -0.15) is 0 Å². The molecular weight excluding hydrogens is 549 g/mol. The molecule has 0 nitrogen and oxygen atoms in total. The van der Waals surface area contributed by atoms with Crippen molar-refractivity contribution in [3.8, 4) is 0 Å². The molecule has 1 heteroatoms. The summed E-state index contributed by atoms with van der Waals surface area (Å²) in [5.41, 5.74) is 3.52. The van der Waals surface area contributed by atoms with Crippen LogP contribution in [0.1, 0.15) is 204 Å². The summed E-state index contributed by atoms with van der Waals surface area (Å²) in [6, 6.07) is 0. The van der Waals surface area contributed by atoms with Gasteiger partial charge in [-0.05, 0) is 67.3 Å². The minimum absolute atomic E-state index is 0.325. The van der Waals surface area contributed by atoms with Crippen molar-refractivity contribution in [1.82, 2.24) is 0 Å². The first-order valence-corrected chi connectivity index (χ1v) is 19.4. The van der Waals surface area contributed by atoms with Gasteiger partial charge in [-0.1, -0.05) is 219 Å². The van der Waals surface area contributed by atoms with Gasteiger partial charge in [-0.3, -0.25) is 0 Å². The molecule has 0 aromatic rings. The molecule has 1 fully saturated rings. The van der Waals surface area contributed by atoms with Crippen molar-refractivity contribution in [3.63, 3.8) is 0 Å². The minimum atomic E-state index is 0.325. The van der Waals surface area contributed by atoms with Gasteiger partial charge in [0.15, 0.2) is 0 Å². The van der Waals surface area contributed by atoms with E-state index in [0.717, 1.165) is 22.6 Å². The minimum Gasteiger partial charge on any atom is -0.0850 e. The van der Waals surface area contributed by atoms with E-state index >= 15 is 0 Å². The maximum Gasteiger partial charge on any atom is 0.0147 e. The standard InChI is InChI=1S/C15H26.C7H16.C6H10S.C5H10.C4H10.3C2H6/c1-7-13-11-9-10-12(3)15(13,6)14(4,5)8-2;1-4-6-7(3)5-2;1-4-5(2)6(3)7;1-5-3-2-4-5;1-4(2)3;3*1-2/h9-12H,7-8H2,1-6H3;7H,4-6H2,1-3H3;4H,1-3H3;5H,2-4H2,1H3;4H,1-3H3;3*1-2H3/b;;5-4+;;;;;. The van der Waals surface area contributed by atoms with Crippen LogP contribution in [0.15, 0.2) is 35.5 Å². The largest absolute Gasteiger partial charge is 0.0850 e. The number of hydrogen-bond donors (Lipinski definition) is 0. The molecule has 0 aliphatic heterocycles. The molecule has 1 saturated carbocycles. The lowest BCUT2D eigenvalue weighted by Crippen LogP contribution is -2.42. The van der Waals surface area contributed by atoms with Crippen molar-refractivity contribution in [2.24, 2.45) is 34.5 Å². The lowest BCUT2D eigenvalue weighted by atomic mass is 9.54. The Morgan fingerprint density at radius 3 is 1.52 bits per heavy atom. The maximum atomic E-state index is 4.85. The third kappa shape index (κ3) is 28.8. The molecule has 0 radical (unpaired) electrons. The first kappa shape index (κ1) is 55.7. The molecular formula is C43H90S. The molecule has 3 atom stereocenters. The van der Waals surface area contributed by atoms with Crippen molar-refractivity contribution in [1.29, 1.82) is 0 Å². The molecule has 0 heterocycles. The lowest BCUT2D eigenvalue weighted by Gasteiger charge is -2.50. The maximum absolute atomic E-state index is 4.85. The Balaban J connectivity index is -0.000000106. The van der Waals surface area contributed by atoms with Gasteiger partial charge in [0.2, 0.25) is 0 Å². The Bertz CT molecular complexity index is 668. The fourth-order valence-electron chi connectivity index (χ4n) is 4.41. The van der Waals surface area contributed by atoms with E-state index < -0.39 is 0 Å². The van der Waals surface area contributed by atoms with Crippen molar-refractivity contribution in [3.05, 3.63) is 35.5 Å². The average molecular weight is 639 g/mol. The van der Waals surface area contributed by atoms with Crippen LogP contribution in [-0.2, 0) is 0 Å². The molecule has 268 valence electrons. The number of allylic oxidation sites excluding steroid dienone is 6. The second kappa shape index (κ2) is 36.8. The Morgan fingerprint density at radius 1 is 0.932 bits per heavy atom. The molecule has 0 aromatic heterocycles. The molecule has 2 aliphatic rings. The van der Waals surface area contributed by atoms with E-state index in [2.05, 4.69) is 108 Å². The van der Waals surface area contributed by atoms with E-state index in [4.69, 9.17) is 12.2 Å². The number of rotatable bonds is 7. The summed E-state index contributed by atoms with van der Waals surface area (Å²) < 4.78 is 0. The third-order valence-corrected chi connectivity index (χ3v) is 9.13. The second-order valence-electron chi connectivity index (χ2n) is 13.3. The van der Waals surface area contributed by atoms with E-state index in [9.17, 15) is 0 Å². The van der Waals surface area contributed by atoms with Crippen LogP contribution in [0.25, 0.3) is 0 Å². The normalized spacial score (nSPS) is 19.0. The smallest absolute Gasteiger partial charge is 0.0147 e. The highest BCUT2D eigenvalue weighted by atomic mass is 32.1. The van der Waals surface area contributed by atoms with Crippen molar-refractivity contribution in [2.75, 3.05) is 0 Å². The van der Waals surface area contributed by atoms with E-state index in [-0.39, 0.29) is 0 Å². The lowest BCUT2D eigenvalue weighted by molar-refractivity contribution is 0.0789. The van der Waals surface area contributed by atoms with Gasteiger partial charge in [0.25, 0.3) is 0 Å². The van der Waals surface area contributed by atoms with E-state index in [1.54, 1.807) is 5.57 Å². The van der Waals surface area contributed by atoms with Crippen LogP contribution in [0, 0.1) is 34.5 Å². The van der Waals surface area contributed by atoms with Crippen molar-refractivity contribution >= 4 is 17.1 Å². The van der Waals surface area contributed by atoms with Gasteiger partial charge in [0.1, 0.15) is 0 Å². The summed E-state index contributed by atoms with van der Waals surface area (Å²) in [7, 11) is 0. The molecule has 2 rings (SSSR count).